The Morgan fingerprint density at radius 2 is 1.35 bits per heavy atom. The summed E-state index contributed by atoms with van der Waals surface area (Å²) in [6.07, 6.45) is 24.2. The van der Waals surface area contributed by atoms with E-state index in [4.69, 9.17) is 9.73 Å². The Morgan fingerprint density at radius 3 is 1.98 bits per heavy atom. The molecule has 0 amide bonds. The van der Waals surface area contributed by atoms with Gasteiger partial charge in [0.25, 0.3) is 0 Å². The van der Waals surface area contributed by atoms with E-state index in [0.29, 0.717) is 28.2 Å². The van der Waals surface area contributed by atoms with Gasteiger partial charge >= 0.3 is 0 Å². The molecule has 6 nitrogen and oxygen atoms in total. The van der Waals surface area contributed by atoms with Crippen LogP contribution < -0.4 is 9.64 Å². The second-order valence-electron chi connectivity index (χ2n) is 13.4. The average Bonchev–Trinajstić information content (AvgIpc) is 3.26. The molecule has 0 spiro atoms. The number of hydrogen-bond donors (Lipinski definition) is 0. The number of anilines is 1. The number of ether oxygens (including phenoxy) is 1. The summed E-state index contributed by atoms with van der Waals surface area (Å²) in [5.41, 5.74) is 6.00. The van der Waals surface area contributed by atoms with E-state index in [2.05, 4.69) is 60.9 Å². The van der Waals surface area contributed by atoms with Crippen LogP contribution in [-0.4, -0.2) is 35.1 Å². The number of aromatic nitrogens is 2. The quantitative estimate of drug-likeness (QED) is 0.140. The van der Waals surface area contributed by atoms with Crippen LogP contribution in [0.3, 0.4) is 0 Å². The van der Waals surface area contributed by atoms with Crippen molar-refractivity contribution in [3.63, 3.8) is 0 Å². The maximum atomic E-state index is 13.5. The monoisotopic (exact) mass is 620 g/mol. The van der Waals surface area contributed by atoms with E-state index in [1.165, 1.54) is 89.0 Å². The van der Waals surface area contributed by atoms with Gasteiger partial charge in [-0.2, -0.15) is 0 Å². The maximum Gasteiger partial charge on any atom is 0.214 e. The molecule has 0 N–H and O–H groups in total. The number of pyridine rings is 2. The number of allylic oxidation sites excluding steroid dienone is 1. The molecule has 0 unspecified atom stereocenters. The lowest BCUT2D eigenvalue weighted by Crippen LogP contribution is -2.25. The minimum Gasteiger partial charge on any atom is -0.494 e. The van der Waals surface area contributed by atoms with E-state index in [1.807, 2.05) is 18.3 Å². The van der Waals surface area contributed by atoms with Crippen molar-refractivity contribution in [1.82, 2.24) is 9.97 Å². The lowest BCUT2D eigenvalue weighted by Gasteiger charge is -2.23. The zero-order valence-electron chi connectivity index (χ0n) is 28.5. The van der Waals surface area contributed by atoms with Crippen molar-refractivity contribution in [3.05, 3.63) is 83.4 Å². The van der Waals surface area contributed by atoms with Crippen LogP contribution >= 0.6 is 0 Å². The molecule has 0 fully saturated rings. The third-order valence-electron chi connectivity index (χ3n) is 9.64. The molecule has 2 aromatic heterocycles. The number of hydrogen-bond acceptors (Lipinski definition) is 6. The number of rotatable bonds is 17. The van der Waals surface area contributed by atoms with E-state index in [-0.39, 0.29) is 11.2 Å². The number of ketones is 1. The summed E-state index contributed by atoms with van der Waals surface area (Å²) in [6.45, 7) is 7.44. The minimum absolute atomic E-state index is 0.129. The first kappa shape index (κ1) is 33.6. The Labute approximate surface area is 276 Å². The topological polar surface area (TPSA) is 67.7 Å². The minimum atomic E-state index is -0.308. The van der Waals surface area contributed by atoms with Gasteiger partial charge in [-0.25, -0.2) is 0 Å². The normalized spacial score (nSPS) is 16.5. The Bertz CT molecular complexity index is 1540. The van der Waals surface area contributed by atoms with Crippen molar-refractivity contribution in [1.29, 1.82) is 0 Å². The molecule has 0 radical (unpaired) electrons. The van der Waals surface area contributed by atoms with Gasteiger partial charge in [0.1, 0.15) is 17.2 Å². The Kier molecular flexibility index (Phi) is 11.8. The molecule has 5 rings (SSSR count). The molecular weight excluding hydrogens is 568 g/mol. The fourth-order valence-electron chi connectivity index (χ4n) is 6.89. The van der Waals surface area contributed by atoms with Crippen molar-refractivity contribution < 1.29 is 9.53 Å². The van der Waals surface area contributed by atoms with Crippen LogP contribution in [0, 0.1) is 0 Å². The number of benzene rings is 1. The summed E-state index contributed by atoms with van der Waals surface area (Å²) in [5, 5.41) is 0. The van der Waals surface area contributed by atoms with Gasteiger partial charge in [-0.15, -0.1) is 0 Å². The summed E-state index contributed by atoms with van der Waals surface area (Å²) < 4.78 is 6.22. The third-order valence-corrected chi connectivity index (χ3v) is 9.64. The molecule has 1 aliphatic carbocycles. The van der Waals surface area contributed by atoms with Crippen molar-refractivity contribution in [2.45, 2.75) is 116 Å². The van der Waals surface area contributed by atoms with Crippen LogP contribution in [0.15, 0.2) is 71.7 Å². The van der Waals surface area contributed by atoms with Gasteiger partial charge in [0.15, 0.2) is 0 Å². The first-order valence-corrected chi connectivity index (χ1v) is 17.7. The number of carbonyl (C=O) groups excluding carboxylic acids is 1. The molecule has 0 saturated carbocycles. The summed E-state index contributed by atoms with van der Waals surface area (Å²) in [6, 6.07) is 13.7. The molecule has 46 heavy (non-hydrogen) atoms. The first-order valence-electron chi connectivity index (χ1n) is 17.7. The van der Waals surface area contributed by atoms with Crippen LogP contribution in [0.4, 0.5) is 5.69 Å². The van der Waals surface area contributed by atoms with E-state index < -0.39 is 0 Å². The molecule has 3 aromatic rings. The summed E-state index contributed by atoms with van der Waals surface area (Å²) in [5.74, 6) is 0.782. The van der Waals surface area contributed by atoms with Crippen LogP contribution in [-0.2, 0) is 5.41 Å². The van der Waals surface area contributed by atoms with Crippen LogP contribution in [0.1, 0.15) is 132 Å². The molecular formula is C40H52N4O2. The highest BCUT2D eigenvalue weighted by Gasteiger charge is 2.39. The first-order chi connectivity index (χ1) is 22.4. The van der Waals surface area contributed by atoms with Gasteiger partial charge in [-0.1, -0.05) is 104 Å². The van der Waals surface area contributed by atoms with Gasteiger partial charge in [0.05, 0.1) is 17.9 Å². The average molecular weight is 621 g/mol. The molecule has 2 aliphatic rings. The largest absolute Gasteiger partial charge is 0.494 e. The van der Waals surface area contributed by atoms with Crippen molar-refractivity contribution in [3.8, 4) is 17.1 Å². The smallest absolute Gasteiger partial charge is 0.214 e. The summed E-state index contributed by atoms with van der Waals surface area (Å²) in [7, 11) is 2.06. The standard InChI is InChI=1S/C40H52N4O2/c1-5-6-7-8-9-10-11-12-13-14-15-16-17-18-27-46-30-23-24-34-33(28-30)40(2,3)35(44(34)4)29-43-38-31-21-19-25-41-36(31)37-32(39(38)45)22-20-26-42-37/h19-26,28-29H,5-18,27H2,1-4H3/b35-29-,43-38?. The molecule has 244 valence electrons. The van der Waals surface area contributed by atoms with E-state index in [0.717, 1.165) is 30.2 Å². The predicted octanol–water partition coefficient (Wildman–Crippen LogP) is 10.3. The number of unbranched alkanes of at least 4 members (excludes halogenated alkanes) is 13. The molecule has 3 heterocycles. The molecule has 1 aromatic carbocycles. The van der Waals surface area contributed by atoms with Crippen LogP contribution in [0.25, 0.3) is 11.4 Å². The number of nitrogens with zero attached hydrogens (tertiary/aromatic N) is 4. The van der Waals surface area contributed by atoms with Gasteiger partial charge in [-0.05, 0) is 54.4 Å². The second kappa shape index (κ2) is 16.2. The van der Waals surface area contributed by atoms with Crippen molar-refractivity contribution in [2.75, 3.05) is 18.6 Å². The SMILES string of the molecule is CCCCCCCCCCCCCCCCOc1ccc2c(c1)C(C)(C)/C(=C/N=C1C(=O)c3cccnc3-c3ncccc31)N2C. The zero-order chi connectivity index (χ0) is 32.4. The van der Waals surface area contributed by atoms with Gasteiger partial charge in [-0.3, -0.25) is 19.8 Å². The predicted molar refractivity (Wildman–Crippen MR) is 190 cm³/mol. The molecule has 0 atom stereocenters. The van der Waals surface area contributed by atoms with Crippen molar-refractivity contribution >= 4 is 17.2 Å². The lowest BCUT2D eigenvalue weighted by atomic mass is 9.84. The summed E-state index contributed by atoms with van der Waals surface area (Å²) in [4.78, 5) is 29.5. The highest BCUT2D eigenvalue weighted by Crippen LogP contribution is 2.48. The van der Waals surface area contributed by atoms with Gasteiger partial charge < -0.3 is 9.64 Å². The van der Waals surface area contributed by atoms with Crippen LogP contribution in [0.5, 0.6) is 5.75 Å². The van der Waals surface area contributed by atoms with Gasteiger partial charge in [0.2, 0.25) is 5.78 Å². The Hall–Kier alpha value is -3.80. The highest BCUT2D eigenvalue weighted by atomic mass is 16.5. The highest BCUT2D eigenvalue weighted by molar-refractivity contribution is 6.54. The zero-order valence-corrected chi connectivity index (χ0v) is 28.5. The number of likely N-dealkylation sites (N-methyl/N-ethyl adjacent to an activating group) is 1. The third kappa shape index (κ3) is 7.76. The van der Waals surface area contributed by atoms with E-state index >= 15 is 0 Å². The lowest BCUT2D eigenvalue weighted by molar-refractivity contribution is 0.106. The molecule has 0 saturated heterocycles. The number of fused-ring (bicyclic) bond motifs is 4. The molecule has 0 bridgehead atoms. The maximum absolute atomic E-state index is 13.5. The van der Waals surface area contributed by atoms with E-state index in [1.54, 1.807) is 24.5 Å². The number of aliphatic imine (C=N–C) groups is 1. The fourth-order valence-corrected chi connectivity index (χ4v) is 6.89. The van der Waals surface area contributed by atoms with Crippen molar-refractivity contribution in [2.24, 2.45) is 4.99 Å². The van der Waals surface area contributed by atoms with Crippen LogP contribution in [0.2, 0.25) is 0 Å². The molecule has 6 heteroatoms. The Balaban J connectivity index is 1.11. The fraction of sp³-hybridized carbons (Fsp3) is 0.500. The van der Waals surface area contributed by atoms with E-state index in [9.17, 15) is 4.79 Å². The number of Topliss-reactive ketones (excluding diaryl/α,β-unsaturated/α-hetero) is 1. The second-order valence-corrected chi connectivity index (χ2v) is 13.4. The molecule has 1 aliphatic heterocycles. The number of carbonyl (C=O) groups is 1. The summed E-state index contributed by atoms with van der Waals surface area (Å²) >= 11 is 0. The Morgan fingerprint density at radius 1 is 0.783 bits per heavy atom. The van der Waals surface area contributed by atoms with Gasteiger partial charge in [0, 0.05) is 48.0 Å².